The van der Waals surface area contributed by atoms with Crippen molar-refractivity contribution in [1.82, 2.24) is 5.32 Å². The van der Waals surface area contributed by atoms with Crippen LogP contribution in [-0.2, 0) is 11.2 Å². The maximum Gasteiger partial charge on any atom is 0.220 e. The second kappa shape index (κ2) is 8.34. The zero-order valence-corrected chi connectivity index (χ0v) is 16.1. The lowest BCUT2D eigenvalue weighted by molar-refractivity contribution is -0.122. The minimum Gasteiger partial charge on any atom is -0.497 e. The molecule has 1 aromatic heterocycles. The van der Waals surface area contributed by atoms with Crippen LogP contribution in [0.5, 0.6) is 5.75 Å². The highest BCUT2D eigenvalue weighted by atomic mass is 16.5. The van der Waals surface area contributed by atoms with Gasteiger partial charge < -0.3 is 14.5 Å². The molecule has 1 atom stereocenters. The number of rotatable bonds is 8. The minimum absolute atomic E-state index is 0.0724. The summed E-state index contributed by atoms with van der Waals surface area (Å²) in [6.45, 7) is 0. The van der Waals surface area contributed by atoms with Gasteiger partial charge in [-0.2, -0.15) is 0 Å². The molecule has 1 heterocycles. The van der Waals surface area contributed by atoms with E-state index in [0.29, 0.717) is 18.8 Å². The molecule has 0 bridgehead atoms. The van der Waals surface area contributed by atoms with Crippen molar-refractivity contribution < 1.29 is 13.9 Å². The van der Waals surface area contributed by atoms with Gasteiger partial charge in [-0.3, -0.25) is 4.79 Å². The number of ether oxygens (including phenoxy) is 1. The smallest absolute Gasteiger partial charge is 0.220 e. The maximum atomic E-state index is 12.5. The Labute approximate surface area is 165 Å². The van der Waals surface area contributed by atoms with Gasteiger partial charge in [0, 0.05) is 18.4 Å². The van der Waals surface area contributed by atoms with Crippen molar-refractivity contribution in [3.63, 3.8) is 0 Å². The monoisotopic (exact) mass is 375 g/mol. The standard InChI is InChI=1S/C24H25NO3/c1-27-20-11-9-17(10-12-20)22-15-13-21(28-22)14-16-23(26)25-24(19-7-8-19)18-5-3-2-4-6-18/h2-6,9-13,15,19,24H,7-8,14,16H2,1H3,(H,25,26)/t24-/m1/s1. The number of carbonyl (C=O) groups is 1. The molecule has 0 spiro atoms. The number of benzene rings is 2. The van der Waals surface area contributed by atoms with Crippen LogP contribution < -0.4 is 10.1 Å². The summed E-state index contributed by atoms with van der Waals surface area (Å²) in [6.07, 6.45) is 3.38. The number of methoxy groups -OCH3 is 1. The molecule has 2 aromatic carbocycles. The van der Waals surface area contributed by atoms with Crippen molar-refractivity contribution in [3.05, 3.63) is 78.1 Å². The van der Waals surface area contributed by atoms with Crippen LogP contribution in [0.15, 0.2) is 71.1 Å². The fraction of sp³-hybridized carbons (Fsp3) is 0.292. The average molecular weight is 375 g/mol. The Morgan fingerprint density at radius 1 is 1.07 bits per heavy atom. The zero-order chi connectivity index (χ0) is 19.3. The summed E-state index contributed by atoms with van der Waals surface area (Å²) in [5.74, 6) is 3.08. The van der Waals surface area contributed by atoms with Gasteiger partial charge in [-0.05, 0) is 60.7 Å². The van der Waals surface area contributed by atoms with Gasteiger partial charge in [-0.25, -0.2) is 0 Å². The van der Waals surface area contributed by atoms with Gasteiger partial charge in [-0.1, -0.05) is 30.3 Å². The molecule has 1 N–H and O–H groups in total. The van der Waals surface area contributed by atoms with Gasteiger partial charge in [-0.15, -0.1) is 0 Å². The Morgan fingerprint density at radius 3 is 2.50 bits per heavy atom. The van der Waals surface area contributed by atoms with Crippen LogP contribution in [0.4, 0.5) is 0 Å². The predicted octanol–water partition coefficient (Wildman–Crippen LogP) is 5.16. The van der Waals surface area contributed by atoms with Crippen molar-refractivity contribution in [2.45, 2.75) is 31.7 Å². The second-order valence-corrected chi connectivity index (χ2v) is 7.29. The lowest BCUT2D eigenvalue weighted by Crippen LogP contribution is -2.30. The maximum absolute atomic E-state index is 12.5. The fourth-order valence-electron chi connectivity index (χ4n) is 3.47. The Morgan fingerprint density at radius 2 is 1.82 bits per heavy atom. The predicted molar refractivity (Wildman–Crippen MR) is 109 cm³/mol. The number of aryl methyl sites for hydroxylation is 1. The number of hydrogen-bond acceptors (Lipinski definition) is 3. The van der Waals surface area contributed by atoms with Crippen molar-refractivity contribution in [1.29, 1.82) is 0 Å². The van der Waals surface area contributed by atoms with Crippen molar-refractivity contribution in [2.75, 3.05) is 7.11 Å². The number of amides is 1. The highest BCUT2D eigenvalue weighted by molar-refractivity contribution is 5.76. The Hall–Kier alpha value is -3.01. The van der Waals surface area contributed by atoms with E-state index in [9.17, 15) is 4.79 Å². The van der Waals surface area contributed by atoms with Crippen LogP contribution in [0.3, 0.4) is 0 Å². The Balaban J connectivity index is 1.34. The molecule has 1 fully saturated rings. The molecule has 1 aliphatic rings. The van der Waals surface area contributed by atoms with E-state index in [0.717, 1.165) is 22.8 Å². The molecule has 0 aliphatic heterocycles. The first-order valence-corrected chi connectivity index (χ1v) is 9.80. The average Bonchev–Trinajstić information content (AvgIpc) is 3.48. The normalized spacial score (nSPS) is 14.5. The van der Waals surface area contributed by atoms with Gasteiger partial charge in [0.2, 0.25) is 5.91 Å². The largest absolute Gasteiger partial charge is 0.497 e. The molecule has 0 saturated heterocycles. The van der Waals surface area contributed by atoms with E-state index in [1.54, 1.807) is 7.11 Å². The van der Waals surface area contributed by atoms with Gasteiger partial charge in [0.05, 0.1) is 13.2 Å². The first kappa shape index (κ1) is 18.4. The summed E-state index contributed by atoms with van der Waals surface area (Å²) in [6, 6.07) is 22.0. The second-order valence-electron chi connectivity index (χ2n) is 7.29. The van der Waals surface area contributed by atoms with Gasteiger partial charge in [0.25, 0.3) is 0 Å². The number of carbonyl (C=O) groups excluding carboxylic acids is 1. The molecule has 28 heavy (non-hydrogen) atoms. The van der Waals surface area contributed by atoms with Crippen molar-refractivity contribution in [2.24, 2.45) is 5.92 Å². The van der Waals surface area contributed by atoms with Crippen LogP contribution >= 0.6 is 0 Å². The molecule has 4 rings (SSSR count). The first-order chi connectivity index (χ1) is 13.7. The lowest BCUT2D eigenvalue weighted by Gasteiger charge is -2.18. The van der Waals surface area contributed by atoms with E-state index >= 15 is 0 Å². The minimum atomic E-state index is 0.0724. The van der Waals surface area contributed by atoms with E-state index in [1.165, 1.54) is 18.4 Å². The van der Waals surface area contributed by atoms with Crippen LogP contribution in [-0.4, -0.2) is 13.0 Å². The Kier molecular flexibility index (Phi) is 5.47. The number of furan rings is 1. The molecule has 0 unspecified atom stereocenters. The molecular formula is C24H25NO3. The molecule has 3 aromatic rings. The molecule has 1 aliphatic carbocycles. The van der Waals surface area contributed by atoms with Crippen LogP contribution in [0.2, 0.25) is 0 Å². The van der Waals surface area contributed by atoms with Crippen molar-refractivity contribution in [3.8, 4) is 17.1 Å². The third kappa shape index (κ3) is 4.45. The number of nitrogens with one attached hydrogen (secondary N) is 1. The highest BCUT2D eigenvalue weighted by Gasteiger charge is 2.33. The summed E-state index contributed by atoms with van der Waals surface area (Å²) in [7, 11) is 1.65. The van der Waals surface area contributed by atoms with Gasteiger partial charge in [0.1, 0.15) is 17.3 Å². The molecule has 4 heteroatoms. The topological polar surface area (TPSA) is 51.5 Å². The third-order valence-corrected chi connectivity index (χ3v) is 5.20. The third-order valence-electron chi connectivity index (χ3n) is 5.20. The molecule has 4 nitrogen and oxygen atoms in total. The summed E-state index contributed by atoms with van der Waals surface area (Å²) in [4.78, 5) is 12.5. The summed E-state index contributed by atoms with van der Waals surface area (Å²) in [5.41, 5.74) is 2.19. The van der Waals surface area contributed by atoms with E-state index < -0.39 is 0 Å². The fourth-order valence-corrected chi connectivity index (χ4v) is 3.47. The quantitative estimate of drug-likeness (QED) is 0.592. The Bertz CT molecular complexity index is 911. The van der Waals surface area contributed by atoms with E-state index in [2.05, 4.69) is 17.4 Å². The van der Waals surface area contributed by atoms with Crippen LogP contribution in [0.25, 0.3) is 11.3 Å². The van der Waals surface area contributed by atoms with E-state index in [4.69, 9.17) is 9.15 Å². The van der Waals surface area contributed by atoms with E-state index in [-0.39, 0.29) is 11.9 Å². The van der Waals surface area contributed by atoms with Crippen LogP contribution in [0.1, 0.15) is 36.6 Å². The summed E-state index contributed by atoms with van der Waals surface area (Å²) in [5, 5.41) is 3.22. The first-order valence-electron chi connectivity index (χ1n) is 9.80. The van der Waals surface area contributed by atoms with Crippen LogP contribution in [0, 0.1) is 5.92 Å². The molecule has 1 saturated carbocycles. The zero-order valence-electron chi connectivity index (χ0n) is 16.1. The molecule has 144 valence electrons. The van der Waals surface area contributed by atoms with E-state index in [1.807, 2.05) is 54.6 Å². The molecule has 1 amide bonds. The van der Waals surface area contributed by atoms with Gasteiger partial charge >= 0.3 is 0 Å². The molecule has 0 radical (unpaired) electrons. The summed E-state index contributed by atoms with van der Waals surface area (Å²) >= 11 is 0. The summed E-state index contributed by atoms with van der Waals surface area (Å²) < 4.78 is 11.1. The van der Waals surface area contributed by atoms with Gasteiger partial charge in [0.15, 0.2) is 0 Å². The highest BCUT2D eigenvalue weighted by Crippen LogP contribution is 2.41. The lowest BCUT2D eigenvalue weighted by atomic mass is 10.0. The number of hydrogen-bond donors (Lipinski definition) is 1. The molecular weight excluding hydrogens is 350 g/mol. The van der Waals surface area contributed by atoms with Crippen molar-refractivity contribution >= 4 is 5.91 Å². The SMILES string of the molecule is COc1ccc(-c2ccc(CCC(=O)N[C@H](c3ccccc3)C3CC3)o2)cc1.